The number of aromatic amines is 1. The smallest absolute Gasteiger partial charge is 0.281 e. The van der Waals surface area contributed by atoms with E-state index in [-0.39, 0.29) is 5.03 Å². The van der Waals surface area contributed by atoms with Gasteiger partial charge < -0.3 is 9.55 Å². The Labute approximate surface area is 143 Å². The maximum atomic E-state index is 12.5. The molecule has 0 bridgehead atoms. The maximum absolute atomic E-state index is 12.5. The first-order chi connectivity index (χ1) is 11.5. The molecule has 0 atom stereocenters. The highest BCUT2D eigenvalue weighted by Gasteiger charge is 2.20. The first-order valence-electron chi connectivity index (χ1n) is 7.33. The van der Waals surface area contributed by atoms with Crippen LogP contribution in [0.5, 0.6) is 0 Å². The Morgan fingerprint density at radius 1 is 1.38 bits per heavy atom. The summed E-state index contributed by atoms with van der Waals surface area (Å²) in [5.74, 6) is 0.976. The van der Waals surface area contributed by atoms with Crippen LogP contribution in [0.3, 0.4) is 0 Å². The normalized spacial score (nSPS) is 15.0. The largest absolute Gasteiger partial charge is 0.351 e. The molecule has 0 unspecified atom stereocenters. The Hall–Kier alpha value is -2.26. The lowest BCUT2D eigenvalue weighted by molar-refractivity contribution is 0.598. The van der Waals surface area contributed by atoms with E-state index < -0.39 is 10.0 Å². The van der Waals surface area contributed by atoms with Crippen LogP contribution in [-0.2, 0) is 17.1 Å². The van der Waals surface area contributed by atoms with E-state index in [1.54, 1.807) is 29.4 Å². The fraction of sp³-hybridized carbons (Fsp3) is 0.200. The van der Waals surface area contributed by atoms with Gasteiger partial charge in [0.2, 0.25) is 0 Å². The number of aromatic nitrogens is 3. The number of thioether (sulfide) groups is 1. The van der Waals surface area contributed by atoms with E-state index in [0.29, 0.717) is 5.69 Å². The van der Waals surface area contributed by atoms with E-state index in [1.807, 2.05) is 18.2 Å². The number of benzene rings is 1. The summed E-state index contributed by atoms with van der Waals surface area (Å²) in [6.45, 7) is 0.814. The van der Waals surface area contributed by atoms with Crippen molar-refractivity contribution in [1.82, 2.24) is 14.5 Å². The zero-order valence-electron chi connectivity index (χ0n) is 12.9. The topological polar surface area (TPSA) is 92.1 Å². The van der Waals surface area contributed by atoms with Crippen molar-refractivity contribution in [1.29, 1.82) is 0 Å². The number of nitrogens with one attached hydrogen (secondary N) is 2. The molecular weight excluding hydrogens is 346 g/mol. The number of H-pyrrole nitrogens is 1. The van der Waals surface area contributed by atoms with Gasteiger partial charge in [-0.15, -0.1) is 11.8 Å². The van der Waals surface area contributed by atoms with Crippen LogP contribution in [0, 0.1) is 0 Å². The lowest BCUT2D eigenvalue weighted by Crippen LogP contribution is -2.13. The second-order valence-electron chi connectivity index (χ2n) is 5.47. The number of hydrogen-bond donors (Lipinski definition) is 2. The van der Waals surface area contributed by atoms with Gasteiger partial charge in [0.25, 0.3) is 10.0 Å². The second-order valence-corrected chi connectivity index (χ2v) is 8.18. The Bertz CT molecular complexity index is 1050. The summed E-state index contributed by atoms with van der Waals surface area (Å²) in [6, 6.07) is 7.48. The Balaban J connectivity index is 1.74. The van der Waals surface area contributed by atoms with Gasteiger partial charge in [-0.25, -0.2) is 4.98 Å². The third kappa shape index (κ3) is 2.69. The molecule has 3 heterocycles. The monoisotopic (exact) mass is 361 g/mol. The molecule has 2 aromatic heterocycles. The minimum Gasteiger partial charge on any atom is -0.351 e. The molecule has 24 heavy (non-hydrogen) atoms. The van der Waals surface area contributed by atoms with Crippen LogP contribution < -0.4 is 4.72 Å². The summed E-state index contributed by atoms with van der Waals surface area (Å²) < 4.78 is 29.2. The molecule has 7 nitrogen and oxygen atoms in total. The summed E-state index contributed by atoms with van der Waals surface area (Å²) in [5.41, 5.74) is 2.15. The molecule has 4 rings (SSSR count). The van der Waals surface area contributed by atoms with E-state index in [0.717, 1.165) is 33.9 Å². The standard InChI is InChI=1S/C15H15N5O2S2/c1-20-8-13(17-9-20)24(21,22)19-11-4-2-3-10-7-12(18-14(10)11)15-16-5-6-23-15/h2-4,7-9,18-19H,5-6H2,1H3. The predicted molar refractivity (Wildman–Crippen MR) is 96.2 cm³/mol. The van der Waals surface area contributed by atoms with Crippen molar-refractivity contribution >= 4 is 43.4 Å². The van der Waals surface area contributed by atoms with Gasteiger partial charge in [-0.3, -0.25) is 9.71 Å². The number of sulfonamides is 1. The third-order valence-corrected chi connectivity index (χ3v) is 5.93. The van der Waals surface area contributed by atoms with Gasteiger partial charge in [0.05, 0.1) is 23.2 Å². The van der Waals surface area contributed by atoms with Crippen molar-refractivity contribution < 1.29 is 8.42 Å². The van der Waals surface area contributed by atoms with E-state index in [1.165, 1.54) is 12.5 Å². The summed E-state index contributed by atoms with van der Waals surface area (Å²) in [6.07, 6.45) is 2.92. The van der Waals surface area contributed by atoms with Crippen molar-refractivity contribution in [3.63, 3.8) is 0 Å². The van der Waals surface area contributed by atoms with Crippen LogP contribution in [0.15, 0.2) is 46.8 Å². The van der Waals surface area contributed by atoms with E-state index in [9.17, 15) is 8.42 Å². The molecule has 0 saturated heterocycles. The number of aryl methyl sites for hydroxylation is 1. The molecule has 1 aromatic carbocycles. The Morgan fingerprint density at radius 2 is 2.25 bits per heavy atom. The average Bonchev–Trinajstić information content (AvgIpc) is 3.26. The first-order valence-corrected chi connectivity index (χ1v) is 9.80. The van der Waals surface area contributed by atoms with Crippen LogP contribution >= 0.6 is 11.8 Å². The van der Waals surface area contributed by atoms with Gasteiger partial charge in [0.1, 0.15) is 5.04 Å². The maximum Gasteiger partial charge on any atom is 0.281 e. The molecule has 9 heteroatoms. The molecule has 0 spiro atoms. The summed E-state index contributed by atoms with van der Waals surface area (Å²) >= 11 is 1.70. The Kier molecular flexibility index (Phi) is 3.61. The highest BCUT2D eigenvalue weighted by atomic mass is 32.2. The molecule has 1 aliphatic heterocycles. The fourth-order valence-corrected chi connectivity index (χ4v) is 4.46. The number of nitrogens with zero attached hydrogens (tertiary/aromatic N) is 3. The van der Waals surface area contributed by atoms with Crippen molar-refractivity contribution in [2.45, 2.75) is 5.03 Å². The Morgan fingerprint density at radius 3 is 2.96 bits per heavy atom. The highest BCUT2D eigenvalue weighted by Crippen LogP contribution is 2.28. The van der Waals surface area contributed by atoms with Gasteiger partial charge in [0.15, 0.2) is 5.03 Å². The second kappa shape index (κ2) is 5.67. The molecule has 0 amide bonds. The van der Waals surface area contributed by atoms with E-state index in [4.69, 9.17) is 0 Å². The van der Waals surface area contributed by atoms with Gasteiger partial charge >= 0.3 is 0 Å². The molecular formula is C15H15N5O2S2. The van der Waals surface area contributed by atoms with Crippen molar-refractivity contribution in [3.8, 4) is 0 Å². The molecule has 1 aliphatic rings. The lowest BCUT2D eigenvalue weighted by Gasteiger charge is -2.07. The third-order valence-electron chi connectivity index (χ3n) is 3.67. The quantitative estimate of drug-likeness (QED) is 0.745. The summed E-state index contributed by atoms with van der Waals surface area (Å²) in [5, 5.41) is 1.88. The summed E-state index contributed by atoms with van der Waals surface area (Å²) in [4.78, 5) is 11.6. The van der Waals surface area contributed by atoms with Gasteiger partial charge in [-0.2, -0.15) is 8.42 Å². The van der Waals surface area contributed by atoms with Crippen LogP contribution in [0.4, 0.5) is 5.69 Å². The van der Waals surface area contributed by atoms with Crippen LogP contribution in [0.25, 0.3) is 10.9 Å². The minimum atomic E-state index is -3.73. The fourth-order valence-electron chi connectivity index (χ4n) is 2.58. The van der Waals surface area contributed by atoms with Crippen LogP contribution in [-0.4, -0.2) is 40.3 Å². The average molecular weight is 361 g/mol. The zero-order chi connectivity index (χ0) is 16.7. The molecule has 0 radical (unpaired) electrons. The van der Waals surface area contributed by atoms with Crippen molar-refractivity contribution in [3.05, 3.63) is 42.5 Å². The molecule has 2 N–H and O–H groups in total. The van der Waals surface area contributed by atoms with Crippen LogP contribution in [0.2, 0.25) is 0 Å². The molecule has 0 aliphatic carbocycles. The number of fused-ring (bicyclic) bond motifs is 1. The molecule has 0 fully saturated rings. The lowest BCUT2D eigenvalue weighted by atomic mass is 10.2. The molecule has 0 saturated carbocycles. The van der Waals surface area contributed by atoms with Crippen molar-refractivity contribution in [2.75, 3.05) is 17.0 Å². The number of para-hydroxylation sites is 1. The minimum absolute atomic E-state index is 0.00972. The van der Waals surface area contributed by atoms with Gasteiger partial charge in [0, 0.05) is 30.9 Å². The number of aliphatic imine (C=N–C) groups is 1. The van der Waals surface area contributed by atoms with Crippen molar-refractivity contribution in [2.24, 2.45) is 12.0 Å². The zero-order valence-corrected chi connectivity index (χ0v) is 14.5. The molecule has 3 aromatic rings. The van der Waals surface area contributed by atoms with Gasteiger partial charge in [-0.1, -0.05) is 12.1 Å². The van der Waals surface area contributed by atoms with E-state index in [2.05, 4.69) is 19.7 Å². The first kappa shape index (κ1) is 15.3. The predicted octanol–water partition coefficient (Wildman–Crippen LogP) is 2.20. The van der Waals surface area contributed by atoms with Gasteiger partial charge in [-0.05, 0) is 12.1 Å². The molecule has 124 valence electrons. The number of rotatable bonds is 4. The highest BCUT2D eigenvalue weighted by molar-refractivity contribution is 8.14. The number of anilines is 1. The van der Waals surface area contributed by atoms with E-state index >= 15 is 0 Å². The number of imidazole rings is 1. The SMILES string of the molecule is Cn1cnc(S(=O)(=O)Nc2cccc3cc(C4=NCCS4)[nH]c23)c1. The number of hydrogen-bond acceptors (Lipinski definition) is 5. The van der Waals surface area contributed by atoms with Crippen LogP contribution in [0.1, 0.15) is 5.69 Å². The summed E-state index contributed by atoms with van der Waals surface area (Å²) in [7, 11) is -2.00.